The van der Waals surface area contributed by atoms with Gasteiger partial charge in [-0.15, -0.1) is 6.58 Å². The molecule has 0 aliphatic carbocycles. The summed E-state index contributed by atoms with van der Waals surface area (Å²) in [6.07, 6.45) is 1.74. The molecule has 0 unspecified atom stereocenters. The first-order chi connectivity index (χ1) is 9.28. The predicted molar refractivity (Wildman–Crippen MR) is 87.7 cm³/mol. The van der Waals surface area contributed by atoms with E-state index in [0.717, 1.165) is 5.56 Å². The van der Waals surface area contributed by atoms with Crippen molar-refractivity contribution >= 4 is 28.6 Å². The normalized spacial score (nSPS) is 13.9. The van der Waals surface area contributed by atoms with Crippen molar-refractivity contribution in [3.63, 3.8) is 0 Å². The minimum Gasteiger partial charge on any atom is -0.459 e. The number of alkyl halides is 1. The zero-order valence-electron chi connectivity index (χ0n) is 11.9. The number of hydrogen-bond acceptors (Lipinski definition) is 3. The number of carbonyl (C=O) groups is 1. The van der Waals surface area contributed by atoms with Gasteiger partial charge in [-0.25, -0.2) is 0 Å². The highest BCUT2D eigenvalue weighted by Gasteiger charge is 2.29. The van der Waals surface area contributed by atoms with Gasteiger partial charge in [-0.05, 0) is 38.5 Å². The molecule has 1 aromatic carbocycles. The molecular formula is C16H18INO2. The summed E-state index contributed by atoms with van der Waals surface area (Å²) >= 11 is 2.08. The highest BCUT2D eigenvalue weighted by molar-refractivity contribution is 14.1. The van der Waals surface area contributed by atoms with Crippen LogP contribution in [0.25, 0.3) is 0 Å². The molecule has 0 heterocycles. The maximum Gasteiger partial charge on any atom is 0.320 e. The molecule has 0 aliphatic heterocycles. The highest BCUT2D eigenvalue weighted by atomic mass is 127. The fourth-order valence-corrected chi connectivity index (χ4v) is 2.55. The van der Waals surface area contributed by atoms with Crippen molar-refractivity contribution in [2.75, 3.05) is 0 Å². The van der Waals surface area contributed by atoms with Crippen LogP contribution in [0.1, 0.15) is 37.8 Å². The van der Waals surface area contributed by atoms with E-state index in [4.69, 9.17) is 10.00 Å². The molecule has 0 amide bonds. The number of hydrogen-bond donors (Lipinski definition) is 0. The quantitative estimate of drug-likeness (QED) is 0.342. The van der Waals surface area contributed by atoms with Gasteiger partial charge in [0.05, 0.1) is 11.6 Å². The molecule has 0 bridgehead atoms. The SMILES string of the molecule is C=C[C@@H](c1ccc(C#N)cc1)[C@@H](I)C(=O)OC(C)(C)C. The molecule has 3 nitrogen and oxygen atoms in total. The maximum absolute atomic E-state index is 12.1. The molecule has 2 atom stereocenters. The van der Waals surface area contributed by atoms with Crippen LogP contribution < -0.4 is 0 Å². The van der Waals surface area contributed by atoms with Crippen LogP contribution in [0.2, 0.25) is 0 Å². The van der Waals surface area contributed by atoms with E-state index in [-0.39, 0.29) is 15.8 Å². The molecule has 0 aromatic heterocycles. The fourth-order valence-electron chi connectivity index (χ4n) is 1.71. The molecule has 0 spiro atoms. The topological polar surface area (TPSA) is 50.1 Å². The lowest BCUT2D eigenvalue weighted by molar-refractivity contribution is -0.153. The van der Waals surface area contributed by atoms with E-state index in [1.54, 1.807) is 18.2 Å². The van der Waals surface area contributed by atoms with Crippen LogP contribution >= 0.6 is 22.6 Å². The monoisotopic (exact) mass is 383 g/mol. The molecule has 0 N–H and O–H groups in total. The number of halogens is 1. The number of ether oxygens (including phenoxy) is 1. The van der Waals surface area contributed by atoms with E-state index in [1.165, 1.54) is 0 Å². The summed E-state index contributed by atoms with van der Waals surface area (Å²) in [6, 6.07) is 9.25. The number of nitriles is 1. The van der Waals surface area contributed by atoms with E-state index in [1.807, 2.05) is 32.9 Å². The first-order valence-corrected chi connectivity index (χ1v) is 7.52. The van der Waals surface area contributed by atoms with Crippen molar-refractivity contribution in [2.24, 2.45) is 0 Å². The van der Waals surface area contributed by atoms with Crippen LogP contribution in [-0.2, 0) is 9.53 Å². The highest BCUT2D eigenvalue weighted by Crippen LogP contribution is 2.29. The minimum absolute atomic E-state index is 0.141. The summed E-state index contributed by atoms with van der Waals surface area (Å²) in [5.74, 6) is -0.398. The van der Waals surface area contributed by atoms with Crippen molar-refractivity contribution in [1.82, 2.24) is 0 Å². The number of carbonyl (C=O) groups excluding carboxylic acids is 1. The third kappa shape index (κ3) is 4.64. The number of rotatable bonds is 4. The van der Waals surface area contributed by atoms with Gasteiger partial charge in [-0.3, -0.25) is 4.79 Å². The second-order valence-corrected chi connectivity index (χ2v) is 6.77. The third-order valence-electron chi connectivity index (χ3n) is 2.63. The molecule has 1 aromatic rings. The fraction of sp³-hybridized carbons (Fsp3) is 0.375. The van der Waals surface area contributed by atoms with E-state index in [0.29, 0.717) is 5.56 Å². The van der Waals surface area contributed by atoms with E-state index < -0.39 is 5.60 Å². The standard InChI is InChI=1S/C16H18INO2/c1-5-13(12-8-6-11(10-18)7-9-12)14(17)15(19)20-16(2,3)4/h5-9,13-14H,1H2,2-4H3/t13-,14+/m0/s1. The van der Waals surface area contributed by atoms with E-state index >= 15 is 0 Å². The van der Waals surface area contributed by atoms with Gasteiger partial charge in [-0.1, -0.05) is 40.8 Å². The predicted octanol–water partition coefficient (Wildman–Crippen LogP) is 3.97. The van der Waals surface area contributed by atoms with Crippen molar-refractivity contribution in [3.05, 3.63) is 48.0 Å². The number of allylic oxidation sites excluding steroid dienone is 1. The van der Waals surface area contributed by atoms with E-state index in [9.17, 15) is 4.79 Å². The molecule has 106 valence electrons. The van der Waals surface area contributed by atoms with Crippen molar-refractivity contribution in [3.8, 4) is 6.07 Å². The van der Waals surface area contributed by atoms with Gasteiger partial charge in [-0.2, -0.15) is 5.26 Å². The largest absolute Gasteiger partial charge is 0.459 e. The number of nitrogens with zero attached hydrogens (tertiary/aromatic N) is 1. The molecule has 0 fully saturated rings. The molecular weight excluding hydrogens is 365 g/mol. The Morgan fingerprint density at radius 3 is 2.35 bits per heavy atom. The van der Waals surface area contributed by atoms with Crippen molar-refractivity contribution in [1.29, 1.82) is 5.26 Å². The lowest BCUT2D eigenvalue weighted by atomic mass is 9.95. The van der Waals surface area contributed by atoms with Crippen molar-refractivity contribution < 1.29 is 9.53 Å². The lowest BCUT2D eigenvalue weighted by Gasteiger charge is -2.24. The van der Waals surface area contributed by atoms with Crippen LogP contribution in [0.4, 0.5) is 0 Å². The average Bonchev–Trinajstić information content (AvgIpc) is 2.38. The zero-order valence-corrected chi connectivity index (χ0v) is 14.0. The van der Waals surface area contributed by atoms with Crippen LogP contribution in [-0.4, -0.2) is 15.5 Å². The first-order valence-electron chi connectivity index (χ1n) is 6.28. The number of benzene rings is 1. The Bertz CT molecular complexity index is 523. The zero-order chi connectivity index (χ0) is 15.3. The van der Waals surface area contributed by atoms with Crippen LogP contribution in [0.3, 0.4) is 0 Å². The molecule has 0 saturated carbocycles. The second-order valence-electron chi connectivity index (χ2n) is 5.43. The third-order valence-corrected chi connectivity index (χ3v) is 3.91. The Kier molecular flexibility index (Phi) is 5.75. The number of esters is 1. The summed E-state index contributed by atoms with van der Waals surface area (Å²) in [5, 5.41) is 8.80. The minimum atomic E-state index is -0.503. The Hall–Kier alpha value is -1.35. The van der Waals surface area contributed by atoms with Gasteiger partial charge in [0.25, 0.3) is 0 Å². The summed E-state index contributed by atoms with van der Waals surface area (Å²) < 4.78 is 5.05. The summed E-state index contributed by atoms with van der Waals surface area (Å²) in [6.45, 7) is 9.34. The maximum atomic E-state index is 12.1. The summed E-state index contributed by atoms with van der Waals surface area (Å²) in [5.41, 5.74) is 1.04. The Morgan fingerprint density at radius 2 is 1.95 bits per heavy atom. The summed E-state index contributed by atoms with van der Waals surface area (Å²) in [7, 11) is 0. The molecule has 0 radical (unpaired) electrons. The van der Waals surface area contributed by atoms with Gasteiger partial charge in [0.2, 0.25) is 0 Å². The lowest BCUT2D eigenvalue weighted by Crippen LogP contribution is -2.31. The molecule has 1 rings (SSSR count). The van der Waals surface area contributed by atoms with E-state index in [2.05, 4.69) is 35.2 Å². The van der Waals surface area contributed by atoms with Gasteiger partial charge in [0.1, 0.15) is 9.53 Å². The average molecular weight is 383 g/mol. The molecule has 0 saturated heterocycles. The van der Waals surface area contributed by atoms with Crippen molar-refractivity contribution in [2.45, 2.75) is 36.2 Å². The molecule has 20 heavy (non-hydrogen) atoms. The Labute approximate surface area is 133 Å². The molecule has 4 heteroatoms. The van der Waals surface area contributed by atoms with Gasteiger partial charge in [0.15, 0.2) is 0 Å². The van der Waals surface area contributed by atoms with Crippen LogP contribution in [0, 0.1) is 11.3 Å². The Morgan fingerprint density at radius 1 is 1.40 bits per heavy atom. The Balaban J connectivity index is 2.92. The van der Waals surface area contributed by atoms with Crippen LogP contribution in [0.5, 0.6) is 0 Å². The smallest absolute Gasteiger partial charge is 0.320 e. The van der Waals surface area contributed by atoms with Crippen LogP contribution in [0.15, 0.2) is 36.9 Å². The van der Waals surface area contributed by atoms with Gasteiger partial charge in [0, 0.05) is 5.92 Å². The second kappa shape index (κ2) is 6.89. The van der Waals surface area contributed by atoms with Gasteiger partial charge >= 0.3 is 5.97 Å². The first kappa shape index (κ1) is 16.7. The molecule has 0 aliphatic rings. The van der Waals surface area contributed by atoms with Gasteiger partial charge < -0.3 is 4.74 Å². The summed E-state index contributed by atoms with van der Waals surface area (Å²) in [4.78, 5) is 12.1.